The number of rotatable bonds is 7. The fourth-order valence-electron chi connectivity index (χ4n) is 1.95. The van der Waals surface area contributed by atoms with E-state index < -0.39 is 0 Å². The van der Waals surface area contributed by atoms with Crippen molar-refractivity contribution in [3.63, 3.8) is 0 Å². The molecule has 0 aliphatic heterocycles. The molecular weight excluding hydrogens is 284 g/mol. The van der Waals surface area contributed by atoms with Crippen LogP contribution in [-0.2, 0) is 6.54 Å². The van der Waals surface area contributed by atoms with Crippen molar-refractivity contribution in [1.82, 2.24) is 4.90 Å². The van der Waals surface area contributed by atoms with E-state index in [-0.39, 0.29) is 0 Å². The fourth-order valence-corrected chi connectivity index (χ4v) is 2.09. The average Bonchev–Trinajstić information content (AvgIpc) is 2.84. The molecule has 0 saturated heterocycles. The Bertz CT molecular complexity index is 593. The third-order valence-corrected chi connectivity index (χ3v) is 3.34. The molecule has 4 nitrogen and oxygen atoms in total. The van der Waals surface area contributed by atoms with Crippen molar-refractivity contribution in [2.75, 3.05) is 20.2 Å². The fraction of sp³-hybridized carbons (Fsp3) is 0.312. The van der Waals surface area contributed by atoms with E-state index in [9.17, 15) is 0 Å². The molecule has 0 radical (unpaired) electrons. The van der Waals surface area contributed by atoms with Crippen LogP contribution in [0.1, 0.15) is 17.1 Å². The minimum absolute atomic E-state index is 0.398. The maximum Gasteiger partial charge on any atom is 0.119 e. The second-order valence-corrected chi connectivity index (χ2v) is 5.43. The number of nitrogens with two attached hydrogens (primary N) is 1. The van der Waals surface area contributed by atoms with Crippen LogP contribution in [-0.4, -0.2) is 30.1 Å². The van der Waals surface area contributed by atoms with Gasteiger partial charge in [0.15, 0.2) is 0 Å². The predicted molar refractivity (Wildman–Crippen MR) is 87.6 cm³/mol. The zero-order valence-electron chi connectivity index (χ0n) is 12.3. The lowest BCUT2D eigenvalue weighted by atomic mass is 10.2. The third-order valence-electron chi connectivity index (χ3n) is 3.10. The van der Waals surface area contributed by atoms with Gasteiger partial charge in [-0.2, -0.15) is 0 Å². The molecule has 0 bridgehead atoms. The van der Waals surface area contributed by atoms with Crippen molar-refractivity contribution in [2.45, 2.75) is 13.5 Å². The van der Waals surface area contributed by atoms with Gasteiger partial charge in [-0.15, -0.1) is 0 Å². The van der Waals surface area contributed by atoms with Crippen LogP contribution in [0.2, 0.25) is 0 Å². The highest BCUT2D eigenvalue weighted by Crippen LogP contribution is 2.12. The summed E-state index contributed by atoms with van der Waals surface area (Å²) in [5.74, 6) is 2.72. The molecule has 0 aliphatic rings. The smallest absolute Gasteiger partial charge is 0.119 e. The Labute approximate surface area is 130 Å². The lowest BCUT2D eigenvalue weighted by molar-refractivity contribution is 0.221. The number of furan rings is 1. The van der Waals surface area contributed by atoms with Crippen LogP contribution in [0.15, 0.2) is 40.8 Å². The highest BCUT2D eigenvalue weighted by Gasteiger charge is 2.04. The second kappa shape index (κ2) is 7.24. The molecule has 0 spiro atoms. The van der Waals surface area contributed by atoms with Gasteiger partial charge in [-0.3, -0.25) is 4.90 Å². The standard InChI is InChI=1S/C16H20N2O2S/c1-12-3-6-15(20-12)11-18(2)9-10-19-14-7-4-13(5-8-14)16(17)21/h3-8H,9-11H2,1-2H3,(H2,17,21). The minimum Gasteiger partial charge on any atom is -0.492 e. The van der Waals surface area contributed by atoms with Crippen LogP contribution in [0.4, 0.5) is 0 Å². The Hall–Kier alpha value is -1.85. The summed E-state index contributed by atoms with van der Waals surface area (Å²) < 4.78 is 11.2. The molecule has 1 aromatic heterocycles. The molecular formula is C16H20N2O2S. The van der Waals surface area contributed by atoms with E-state index >= 15 is 0 Å². The number of aryl methyl sites for hydroxylation is 1. The molecule has 0 unspecified atom stereocenters. The summed E-state index contributed by atoms with van der Waals surface area (Å²) >= 11 is 4.91. The van der Waals surface area contributed by atoms with Crippen molar-refractivity contribution in [1.29, 1.82) is 0 Å². The van der Waals surface area contributed by atoms with Crippen LogP contribution in [0, 0.1) is 6.92 Å². The van der Waals surface area contributed by atoms with E-state index in [0.717, 1.165) is 35.9 Å². The van der Waals surface area contributed by atoms with Crippen molar-refractivity contribution in [3.8, 4) is 5.75 Å². The summed E-state index contributed by atoms with van der Waals surface area (Å²) in [5, 5.41) is 0. The largest absolute Gasteiger partial charge is 0.492 e. The number of hydrogen-bond donors (Lipinski definition) is 1. The molecule has 5 heteroatoms. The van der Waals surface area contributed by atoms with Crippen LogP contribution < -0.4 is 10.5 Å². The maximum absolute atomic E-state index is 5.70. The number of benzene rings is 1. The van der Waals surface area contributed by atoms with Crippen molar-refractivity contribution in [2.24, 2.45) is 5.73 Å². The minimum atomic E-state index is 0.398. The topological polar surface area (TPSA) is 51.6 Å². The number of ether oxygens (including phenoxy) is 1. The van der Waals surface area contributed by atoms with Gasteiger partial charge < -0.3 is 14.9 Å². The first kappa shape index (κ1) is 15.5. The number of likely N-dealkylation sites (N-methyl/N-ethyl adjacent to an activating group) is 1. The Morgan fingerprint density at radius 3 is 2.52 bits per heavy atom. The SMILES string of the molecule is Cc1ccc(CN(C)CCOc2ccc(C(N)=S)cc2)o1. The lowest BCUT2D eigenvalue weighted by Crippen LogP contribution is -2.23. The predicted octanol–water partition coefficient (Wildman–Crippen LogP) is 2.73. The number of thiocarbonyl (C=S) groups is 1. The number of nitrogens with zero attached hydrogens (tertiary/aromatic N) is 1. The first-order valence-electron chi connectivity index (χ1n) is 6.81. The molecule has 112 valence electrons. The summed E-state index contributed by atoms with van der Waals surface area (Å²) in [6.45, 7) is 4.15. The normalized spacial score (nSPS) is 10.8. The van der Waals surface area contributed by atoms with E-state index in [1.54, 1.807) is 0 Å². The van der Waals surface area contributed by atoms with E-state index in [2.05, 4.69) is 4.90 Å². The van der Waals surface area contributed by atoms with E-state index in [1.807, 2.05) is 50.4 Å². The van der Waals surface area contributed by atoms with Gasteiger partial charge in [-0.25, -0.2) is 0 Å². The first-order chi connectivity index (χ1) is 10.0. The third kappa shape index (κ3) is 4.88. The Morgan fingerprint density at radius 2 is 1.95 bits per heavy atom. The van der Waals surface area contributed by atoms with Crippen molar-refractivity contribution in [3.05, 3.63) is 53.5 Å². The Morgan fingerprint density at radius 1 is 1.24 bits per heavy atom. The lowest BCUT2D eigenvalue weighted by Gasteiger charge is -2.15. The van der Waals surface area contributed by atoms with Crippen LogP contribution >= 0.6 is 12.2 Å². The molecule has 1 aromatic carbocycles. The van der Waals surface area contributed by atoms with Gasteiger partial charge in [0.25, 0.3) is 0 Å². The summed E-state index contributed by atoms with van der Waals surface area (Å²) in [7, 11) is 2.04. The summed E-state index contributed by atoms with van der Waals surface area (Å²) in [6, 6.07) is 11.5. The van der Waals surface area contributed by atoms with Gasteiger partial charge >= 0.3 is 0 Å². The highest BCUT2D eigenvalue weighted by atomic mass is 32.1. The monoisotopic (exact) mass is 304 g/mol. The first-order valence-corrected chi connectivity index (χ1v) is 7.22. The van der Waals surface area contributed by atoms with E-state index in [1.165, 1.54) is 0 Å². The zero-order chi connectivity index (χ0) is 15.2. The van der Waals surface area contributed by atoms with Crippen LogP contribution in [0.5, 0.6) is 5.75 Å². The molecule has 2 N–H and O–H groups in total. The second-order valence-electron chi connectivity index (χ2n) is 4.99. The van der Waals surface area contributed by atoms with Gasteiger partial charge in [-0.1, -0.05) is 12.2 Å². The molecule has 0 amide bonds. The molecule has 0 fully saturated rings. The van der Waals surface area contributed by atoms with Gasteiger partial charge in [0.1, 0.15) is 28.9 Å². The van der Waals surface area contributed by atoms with Gasteiger partial charge in [0.2, 0.25) is 0 Å². The average molecular weight is 304 g/mol. The highest BCUT2D eigenvalue weighted by molar-refractivity contribution is 7.80. The summed E-state index contributed by atoms with van der Waals surface area (Å²) in [6.07, 6.45) is 0. The quantitative estimate of drug-likeness (QED) is 0.797. The van der Waals surface area contributed by atoms with E-state index in [4.69, 9.17) is 27.1 Å². The molecule has 21 heavy (non-hydrogen) atoms. The van der Waals surface area contributed by atoms with Crippen LogP contribution in [0.3, 0.4) is 0 Å². The van der Waals surface area contributed by atoms with Gasteiger partial charge in [0.05, 0.1) is 6.54 Å². The molecule has 0 aliphatic carbocycles. The molecule has 2 rings (SSSR count). The van der Waals surface area contributed by atoms with Gasteiger partial charge in [0, 0.05) is 12.1 Å². The molecule has 1 heterocycles. The maximum atomic E-state index is 5.70. The summed E-state index contributed by atoms with van der Waals surface area (Å²) in [5.41, 5.74) is 6.40. The Kier molecular flexibility index (Phi) is 5.36. The summed E-state index contributed by atoms with van der Waals surface area (Å²) in [4.78, 5) is 2.55. The van der Waals surface area contributed by atoms with Gasteiger partial charge in [-0.05, 0) is 50.4 Å². The molecule has 0 saturated carbocycles. The Balaban J connectivity index is 1.74. The molecule has 2 aromatic rings. The van der Waals surface area contributed by atoms with E-state index in [0.29, 0.717) is 11.6 Å². The van der Waals surface area contributed by atoms with Crippen LogP contribution in [0.25, 0.3) is 0 Å². The molecule has 0 atom stereocenters. The van der Waals surface area contributed by atoms with Crippen molar-refractivity contribution >= 4 is 17.2 Å². The number of hydrogen-bond acceptors (Lipinski definition) is 4. The van der Waals surface area contributed by atoms with Crippen molar-refractivity contribution < 1.29 is 9.15 Å². The zero-order valence-corrected chi connectivity index (χ0v) is 13.2.